The van der Waals surface area contributed by atoms with E-state index in [0.29, 0.717) is 17.1 Å². The van der Waals surface area contributed by atoms with Crippen molar-refractivity contribution in [2.75, 3.05) is 24.3 Å². The van der Waals surface area contributed by atoms with Crippen molar-refractivity contribution in [2.45, 2.75) is 6.54 Å². The standard InChI is InChI=1S/C15H16ClFN2O/c1-19(2)14-7-6-11(16)8-13(14)18-9-10-4-3-5-12(17)15(10)20/h3-8,18,20H,9H2,1-2H3. The lowest BCUT2D eigenvalue weighted by Crippen LogP contribution is -2.12. The first kappa shape index (κ1) is 14.5. The molecule has 0 heterocycles. The molecule has 2 rings (SSSR count). The predicted octanol–water partition coefficient (Wildman–Crippen LogP) is 3.86. The van der Waals surface area contributed by atoms with Crippen LogP contribution in [0.5, 0.6) is 5.75 Å². The molecule has 0 fully saturated rings. The van der Waals surface area contributed by atoms with E-state index in [4.69, 9.17) is 11.6 Å². The molecular weight excluding hydrogens is 279 g/mol. The average molecular weight is 295 g/mol. The Labute approximate surface area is 122 Å². The maximum Gasteiger partial charge on any atom is 0.165 e. The Morgan fingerprint density at radius 1 is 1.25 bits per heavy atom. The number of anilines is 2. The highest BCUT2D eigenvalue weighted by atomic mass is 35.5. The summed E-state index contributed by atoms with van der Waals surface area (Å²) in [4.78, 5) is 1.95. The van der Waals surface area contributed by atoms with Crippen molar-refractivity contribution in [3.05, 3.63) is 52.8 Å². The summed E-state index contributed by atoms with van der Waals surface area (Å²) in [6.07, 6.45) is 0. The lowest BCUT2D eigenvalue weighted by Gasteiger charge is -2.19. The summed E-state index contributed by atoms with van der Waals surface area (Å²) in [7, 11) is 3.85. The number of phenols is 1. The predicted molar refractivity (Wildman–Crippen MR) is 81.2 cm³/mol. The fourth-order valence-corrected chi connectivity index (χ4v) is 2.11. The number of benzene rings is 2. The summed E-state index contributed by atoms with van der Waals surface area (Å²) in [5.74, 6) is -0.948. The second-order valence-corrected chi connectivity index (χ2v) is 5.09. The highest BCUT2D eigenvalue weighted by Crippen LogP contribution is 2.29. The molecule has 20 heavy (non-hydrogen) atoms. The number of halogens is 2. The minimum Gasteiger partial charge on any atom is -0.505 e. The monoisotopic (exact) mass is 294 g/mol. The van der Waals surface area contributed by atoms with Gasteiger partial charge in [-0.3, -0.25) is 0 Å². The average Bonchev–Trinajstić information content (AvgIpc) is 2.40. The Balaban J connectivity index is 2.22. The summed E-state index contributed by atoms with van der Waals surface area (Å²) in [5, 5.41) is 13.4. The molecule has 2 aromatic rings. The molecule has 0 unspecified atom stereocenters. The van der Waals surface area contributed by atoms with E-state index >= 15 is 0 Å². The molecule has 0 aromatic heterocycles. The third-order valence-corrected chi connectivity index (χ3v) is 3.22. The molecule has 0 spiro atoms. The summed E-state index contributed by atoms with van der Waals surface area (Å²) in [5.41, 5.74) is 2.28. The third-order valence-electron chi connectivity index (χ3n) is 2.98. The summed E-state index contributed by atoms with van der Waals surface area (Å²) < 4.78 is 13.3. The van der Waals surface area contributed by atoms with Crippen LogP contribution in [0.15, 0.2) is 36.4 Å². The van der Waals surface area contributed by atoms with Gasteiger partial charge in [-0.15, -0.1) is 0 Å². The van der Waals surface area contributed by atoms with E-state index in [0.717, 1.165) is 11.4 Å². The van der Waals surface area contributed by atoms with Crippen LogP contribution in [0, 0.1) is 5.82 Å². The molecule has 5 heteroatoms. The number of nitrogens with zero attached hydrogens (tertiary/aromatic N) is 1. The maximum atomic E-state index is 13.3. The van der Waals surface area contributed by atoms with Crippen molar-refractivity contribution in [3.63, 3.8) is 0 Å². The fraction of sp³-hybridized carbons (Fsp3) is 0.200. The first-order valence-corrected chi connectivity index (χ1v) is 6.54. The molecule has 0 radical (unpaired) electrons. The van der Waals surface area contributed by atoms with Gasteiger partial charge in [-0.2, -0.15) is 0 Å². The van der Waals surface area contributed by atoms with E-state index < -0.39 is 5.82 Å². The van der Waals surface area contributed by atoms with Crippen molar-refractivity contribution in [1.82, 2.24) is 0 Å². The Bertz CT molecular complexity index is 617. The van der Waals surface area contributed by atoms with Gasteiger partial charge in [0.15, 0.2) is 11.6 Å². The smallest absolute Gasteiger partial charge is 0.165 e. The third kappa shape index (κ3) is 3.14. The highest BCUT2D eigenvalue weighted by Gasteiger charge is 2.09. The van der Waals surface area contributed by atoms with Crippen LogP contribution in [0.25, 0.3) is 0 Å². The zero-order valence-electron chi connectivity index (χ0n) is 11.3. The Morgan fingerprint density at radius 3 is 2.70 bits per heavy atom. The van der Waals surface area contributed by atoms with E-state index in [-0.39, 0.29) is 5.75 Å². The number of para-hydroxylation sites is 1. The molecule has 0 aliphatic carbocycles. The van der Waals surface area contributed by atoms with Crippen LogP contribution in [0.2, 0.25) is 5.02 Å². The molecule has 0 aliphatic heterocycles. The van der Waals surface area contributed by atoms with Crippen LogP contribution >= 0.6 is 11.6 Å². The van der Waals surface area contributed by atoms with Crippen molar-refractivity contribution >= 4 is 23.0 Å². The maximum absolute atomic E-state index is 13.3. The number of nitrogens with one attached hydrogen (secondary N) is 1. The van der Waals surface area contributed by atoms with Gasteiger partial charge in [0.05, 0.1) is 11.4 Å². The molecular formula is C15H16ClFN2O. The largest absolute Gasteiger partial charge is 0.505 e. The normalized spacial score (nSPS) is 10.4. The van der Waals surface area contributed by atoms with E-state index in [1.54, 1.807) is 18.2 Å². The van der Waals surface area contributed by atoms with E-state index in [2.05, 4.69) is 5.32 Å². The Kier molecular flexibility index (Phi) is 4.35. The fourth-order valence-electron chi connectivity index (χ4n) is 1.93. The molecule has 0 saturated carbocycles. The van der Waals surface area contributed by atoms with Crippen LogP contribution < -0.4 is 10.2 Å². The minimum atomic E-state index is -0.622. The van der Waals surface area contributed by atoms with Gasteiger partial charge in [0.1, 0.15) is 0 Å². The van der Waals surface area contributed by atoms with Crippen molar-refractivity contribution in [1.29, 1.82) is 0 Å². The summed E-state index contributed by atoms with van der Waals surface area (Å²) >= 11 is 5.99. The summed E-state index contributed by atoms with van der Waals surface area (Å²) in [6.45, 7) is 0.310. The molecule has 0 bridgehead atoms. The van der Waals surface area contributed by atoms with Crippen molar-refractivity contribution in [3.8, 4) is 5.75 Å². The second kappa shape index (κ2) is 6.01. The number of aromatic hydroxyl groups is 1. The van der Waals surface area contributed by atoms with Crippen LogP contribution in [0.4, 0.5) is 15.8 Å². The van der Waals surface area contributed by atoms with Gasteiger partial charge in [-0.25, -0.2) is 4.39 Å². The summed E-state index contributed by atoms with van der Waals surface area (Å²) in [6, 6.07) is 9.97. The van der Waals surface area contributed by atoms with E-state index in [1.807, 2.05) is 31.1 Å². The molecule has 0 aliphatic rings. The molecule has 0 amide bonds. The van der Waals surface area contributed by atoms with Gasteiger partial charge in [0.25, 0.3) is 0 Å². The van der Waals surface area contributed by atoms with Crippen molar-refractivity contribution < 1.29 is 9.50 Å². The Hall–Kier alpha value is -1.94. The van der Waals surface area contributed by atoms with E-state index in [9.17, 15) is 9.50 Å². The Morgan fingerprint density at radius 2 is 2.00 bits per heavy atom. The molecule has 2 N–H and O–H groups in total. The highest BCUT2D eigenvalue weighted by molar-refractivity contribution is 6.31. The number of rotatable bonds is 4. The van der Waals surface area contributed by atoms with Crippen molar-refractivity contribution in [2.24, 2.45) is 0 Å². The number of hydrogen-bond acceptors (Lipinski definition) is 3. The lowest BCUT2D eigenvalue weighted by atomic mass is 10.2. The topological polar surface area (TPSA) is 35.5 Å². The molecule has 0 saturated heterocycles. The van der Waals surface area contributed by atoms with Gasteiger partial charge in [-0.05, 0) is 24.3 Å². The van der Waals surface area contributed by atoms with Crippen LogP contribution in [-0.4, -0.2) is 19.2 Å². The number of phenolic OH excluding ortho intramolecular Hbond substituents is 1. The molecule has 3 nitrogen and oxygen atoms in total. The van der Waals surface area contributed by atoms with E-state index in [1.165, 1.54) is 6.07 Å². The molecule has 0 atom stereocenters. The van der Waals surface area contributed by atoms with Gasteiger partial charge >= 0.3 is 0 Å². The van der Waals surface area contributed by atoms with Crippen LogP contribution in [0.3, 0.4) is 0 Å². The first-order valence-electron chi connectivity index (χ1n) is 6.16. The minimum absolute atomic E-state index is 0.310. The van der Waals surface area contributed by atoms with Crippen LogP contribution in [-0.2, 0) is 6.54 Å². The van der Waals surface area contributed by atoms with Crippen LogP contribution in [0.1, 0.15) is 5.56 Å². The zero-order valence-corrected chi connectivity index (χ0v) is 12.1. The quantitative estimate of drug-likeness (QED) is 0.899. The SMILES string of the molecule is CN(C)c1ccc(Cl)cc1NCc1cccc(F)c1O. The molecule has 106 valence electrons. The molecule has 2 aromatic carbocycles. The zero-order chi connectivity index (χ0) is 14.7. The van der Waals surface area contributed by atoms with Gasteiger partial charge < -0.3 is 15.3 Å². The lowest BCUT2D eigenvalue weighted by molar-refractivity contribution is 0.427. The van der Waals surface area contributed by atoms with Gasteiger partial charge in [0.2, 0.25) is 0 Å². The second-order valence-electron chi connectivity index (χ2n) is 4.66. The van der Waals surface area contributed by atoms with Gasteiger partial charge in [-0.1, -0.05) is 23.7 Å². The number of hydrogen-bond donors (Lipinski definition) is 2. The van der Waals surface area contributed by atoms with Gasteiger partial charge in [0, 0.05) is 31.2 Å². The first-order chi connectivity index (χ1) is 9.49.